The molecule has 2 rings (SSSR count). The Labute approximate surface area is 125 Å². The smallest absolute Gasteiger partial charge is 0.246 e. The van der Waals surface area contributed by atoms with E-state index in [2.05, 4.69) is 4.72 Å². The standard InChI is InChI=1S/C13H13F2NO3S2/c14-10-2-1-3-11(15)13(10)21(18,19)16-6-4-12(17)9-5-7-20-8-9/h1-3,5,7-8,12,16-17H,4,6H2/t12-/m1/s1. The van der Waals surface area contributed by atoms with E-state index in [1.165, 1.54) is 11.3 Å². The van der Waals surface area contributed by atoms with Gasteiger partial charge >= 0.3 is 0 Å². The van der Waals surface area contributed by atoms with Gasteiger partial charge in [0.25, 0.3) is 0 Å². The summed E-state index contributed by atoms with van der Waals surface area (Å²) < 4.78 is 52.7. The Kier molecular flexibility index (Phi) is 5.04. The molecule has 21 heavy (non-hydrogen) atoms. The Morgan fingerprint density at radius 1 is 1.24 bits per heavy atom. The molecule has 0 bridgehead atoms. The van der Waals surface area contributed by atoms with Gasteiger partial charge < -0.3 is 5.11 Å². The summed E-state index contributed by atoms with van der Waals surface area (Å²) in [5.74, 6) is -2.30. The second kappa shape index (κ2) is 6.61. The fourth-order valence-corrected chi connectivity index (χ4v) is 3.66. The molecule has 0 saturated heterocycles. The van der Waals surface area contributed by atoms with Gasteiger partial charge in [-0.1, -0.05) is 6.07 Å². The first kappa shape index (κ1) is 16.0. The van der Waals surface area contributed by atoms with Crippen molar-refractivity contribution in [2.24, 2.45) is 0 Å². The number of benzene rings is 1. The van der Waals surface area contributed by atoms with Crippen LogP contribution in [0.4, 0.5) is 8.78 Å². The molecule has 1 atom stereocenters. The van der Waals surface area contributed by atoms with Crippen molar-refractivity contribution in [3.63, 3.8) is 0 Å². The van der Waals surface area contributed by atoms with Gasteiger partial charge in [0.2, 0.25) is 10.0 Å². The molecule has 0 unspecified atom stereocenters. The van der Waals surface area contributed by atoms with Crippen LogP contribution in [-0.2, 0) is 10.0 Å². The predicted octanol–water partition coefficient (Wildman–Crippen LogP) is 2.43. The molecular formula is C13H13F2NO3S2. The minimum atomic E-state index is -4.29. The number of hydrogen-bond acceptors (Lipinski definition) is 4. The molecule has 4 nitrogen and oxygen atoms in total. The van der Waals surface area contributed by atoms with E-state index in [0.717, 1.165) is 18.2 Å². The molecule has 0 aliphatic heterocycles. The van der Waals surface area contributed by atoms with Crippen LogP contribution in [0.25, 0.3) is 0 Å². The Morgan fingerprint density at radius 2 is 1.90 bits per heavy atom. The highest BCUT2D eigenvalue weighted by atomic mass is 32.2. The number of sulfonamides is 1. The first-order chi connectivity index (χ1) is 9.92. The normalized spacial score (nSPS) is 13.3. The van der Waals surface area contributed by atoms with Crippen LogP contribution in [0.2, 0.25) is 0 Å². The highest BCUT2D eigenvalue weighted by Gasteiger charge is 2.23. The fourth-order valence-electron chi connectivity index (χ4n) is 1.77. The summed E-state index contributed by atoms with van der Waals surface area (Å²) >= 11 is 1.41. The van der Waals surface area contributed by atoms with E-state index in [0.29, 0.717) is 5.56 Å². The van der Waals surface area contributed by atoms with Crippen LogP contribution in [0.1, 0.15) is 18.1 Å². The Morgan fingerprint density at radius 3 is 2.48 bits per heavy atom. The van der Waals surface area contributed by atoms with Gasteiger partial charge in [0.1, 0.15) is 11.6 Å². The Balaban J connectivity index is 2.02. The summed E-state index contributed by atoms with van der Waals surface area (Å²) in [6, 6.07) is 4.56. The third-order valence-corrected chi connectivity index (χ3v) is 5.04. The van der Waals surface area contributed by atoms with Gasteiger partial charge in [0, 0.05) is 6.54 Å². The van der Waals surface area contributed by atoms with Crippen LogP contribution in [0.5, 0.6) is 0 Å². The SMILES string of the molecule is O=S(=O)(NCC[C@@H](O)c1ccsc1)c1c(F)cccc1F. The quantitative estimate of drug-likeness (QED) is 0.853. The van der Waals surface area contributed by atoms with E-state index in [9.17, 15) is 22.3 Å². The van der Waals surface area contributed by atoms with Gasteiger partial charge in [-0.15, -0.1) is 0 Å². The van der Waals surface area contributed by atoms with Gasteiger partial charge in [0.15, 0.2) is 4.90 Å². The van der Waals surface area contributed by atoms with Crippen molar-refractivity contribution in [3.8, 4) is 0 Å². The van der Waals surface area contributed by atoms with E-state index >= 15 is 0 Å². The second-order valence-electron chi connectivity index (χ2n) is 4.31. The molecule has 0 saturated carbocycles. The minimum absolute atomic E-state index is 0.103. The van der Waals surface area contributed by atoms with Crippen LogP contribution in [0.3, 0.4) is 0 Å². The lowest BCUT2D eigenvalue weighted by Crippen LogP contribution is -2.27. The number of halogens is 2. The molecule has 0 amide bonds. The molecule has 1 aromatic heterocycles. The second-order valence-corrected chi connectivity index (χ2v) is 6.79. The number of aliphatic hydroxyl groups is 1. The largest absolute Gasteiger partial charge is 0.388 e. The zero-order valence-electron chi connectivity index (χ0n) is 10.8. The van der Waals surface area contributed by atoms with E-state index in [4.69, 9.17) is 0 Å². The zero-order chi connectivity index (χ0) is 15.5. The summed E-state index contributed by atoms with van der Waals surface area (Å²) in [5, 5.41) is 13.3. The minimum Gasteiger partial charge on any atom is -0.388 e. The number of nitrogens with one attached hydrogen (secondary N) is 1. The van der Waals surface area contributed by atoms with Crippen LogP contribution in [-0.4, -0.2) is 20.1 Å². The van der Waals surface area contributed by atoms with Crippen molar-refractivity contribution in [1.29, 1.82) is 0 Å². The lowest BCUT2D eigenvalue weighted by atomic mass is 10.1. The fraction of sp³-hybridized carbons (Fsp3) is 0.231. The summed E-state index contributed by atoms with van der Waals surface area (Å²) in [6.07, 6.45) is -0.726. The van der Waals surface area contributed by atoms with Crippen molar-refractivity contribution in [2.75, 3.05) is 6.54 Å². The number of aliphatic hydroxyl groups excluding tert-OH is 1. The average Bonchev–Trinajstić information content (AvgIpc) is 2.91. The molecule has 0 aliphatic rings. The van der Waals surface area contributed by atoms with Crippen molar-refractivity contribution in [3.05, 3.63) is 52.2 Å². The van der Waals surface area contributed by atoms with Crippen molar-refractivity contribution < 1.29 is 22.3 Å². The van der Waals surface area contributed by atoms with Crippen molar-refractivity contribution in [1.82, 2.24) is 4.72 Å². The summed E-state index contributed by atoms with van der Waals surface area (Å²) in [4.78, 5) is -1.00. The number of rotatable bonds is 6. The molecule has 1 aromatic carbocycles. The molecule has 2 aromatic rings. The molecule has 8 heteroatoms. The zero-order valence-corrected chi connectivity index (χ0v) is 12.4. The van der Waals surface area contributed by atoms with Crippen molar-refractivity contribution in [2.45, 2.75) is 17.4 Å². The first-order valence-electron chi connectivity index (χ1n) is 6.05. The lowest BCUT2D eigenvalue weighted by Gasteiger charge is -2.11. The van der Waals surface area contributed by atoms with Crippen LogP contribution in [0.15, 0.2) is 39.9 Å². The van der Waals surface area contributed by atoms with Crippen LogP contribution in [0, 0.1) is 11.6 Å². The molecule has 0 radical (unpaired) electrons. The van der Waals surface area contributed by atoms with E-state index in [-0.39, 0.29) is 13.0 Å². The maximum absolute atomic E-state index is 13.4. The average molecular weight is 333 g/mol. The highest BCUT2D eigenvalue weighted by Crippen LogP contribution is 2.20. The van der Waals surface area contributed by atoms with Crippen molar-refractivity contribution >= 4 is 21.4 Å². The molecule has 0 fully saturated rings. The van der Waals surface area contributed by atoms with Gasteiger partial charge in [-0.25, -0.2) is 21.9 Å². The van der Waals surface area contributed by atoms with Crippen LogP contribution >= 0.6 is 11.3 Å². The molecule has 2 N–H and O–H groups in total. The third kappa shape index (κ3) is 3.85. The van der Waals surface area contributed by atoms with E-state index in [1.807, 2.05) is 0 Å². The van der Waals surface area contributed by atoms with Crippen LogP contribution < -0.4 is 4.72 Å². The third-order valence-electron chi connectivity index (χ3n) is 2.83. The maximum atomic E-state index is 13.4. The molecule has 0 spiro atoms. The summed E-state index contributed by atoms with van der Waals surface area (Å²) in [5.41, 5.74) is 0.677. The van der Waals surface area contributed by atoms with Gasteiger partial charge in [0.05, 0.1) is 6.10 Å². The van der Waals surface area contributed by atoms with E-state index < -0.39 is 32.7 Å². The number of hydrogen-bond donors (Lipinski definition) is 2. The monoisotopic (exact) mass is 333 g/mol. The highest BCUT2D eigenvalue weighted by molar-refractivity contribution is 7.89. The Bertz CT molecular complexity index is 682. The molecular weight excluding hydrogens is 320 g/mol. The summed E-state index contributed by atoms with van der Waals surface area (Å²) in [6.45, 7) is -0.132. The molecule has 0 aliphatic carbocycles. The molecule has 114 valence electrons. The van der Waals surface area contributed by atoms with E-state index in [1.54, 1.807) is 16.8 Å². The predicted molar refractivity (Wildman–Crippen MR) is 75.4 cm³/mol. The topological polar surface area (TPSA) is 66.4 Å². The lowest BCUT2D eigenvalue weighted by molar-refractivity contribution is 0.169. The molecule has 1 heterocycles. The van der Waals surface area contributed by atoms with Gasteiger partial charge in [-0.3, -0.25) is 0 Å². The van der Waals surface area contributed by atoms with Gasteiger partial charge in [-0.2, -0.15) is 11.3 Å². The first-order valence-corrected chi connectivity index (χ1v) is 8.48. The Hall–Kier alpha value is -1.35. The summed E-state index contributed by atoms with van der Waals surface area (Å²) in [7, 11) is -4.29. The number of thiophene rings is 1. The van der Waals surface area contributed by atoms with Gasteiger partial charge in [-0.05, 0) is 40.9 Å². The maximum Gasteiger partial charge on any atom is 0.246 e.